The van der Waals surface area contributed by atoms with E-state index in [4.69, 9.17) is 5.26 Å². The Hall–Kier alpha value is -0.780. The second-order valence-electron chi connectivity index (χ2n) is 3.58. The Morgan fingerprint density at radius 3 is 2.63 bits per heavy atom. The summed E-state index contributed by atoms with van der Waals surface area (Å²) in [6, 6.07) is 2.14. The number of nitriles is 1. The van der Waals surface area contributed by atoms with Gasteiger partial charge in [0.1, 0.15) is 0 Å². The van der Waals surface area contributed by atoms with Crippen LogP contribution in [0.3, 0.4) is 0 Å². The molecule has 0 saturated carbocycles. The summed E-state index contributed by atoms with van der Waals surface area (Å²) < 4.78 is 1.54. The van der Waals surface area contributed by atoms with Crippen LogP contribution in [0.1, 0.15) is 20.8 Å². The van der Waals surface area contributed by atoms with Crippen LogP contribution in [0.5, 0.6) is 0 Å². The first-order valence-electron chi connectivity index (χ1n) is 5.91. The maximum Gasteiger partial charge on any atom is 0.233 e. The predicted molar refractivity (Wildman–Crippen MR) is 79.5 cm³/mol. The van der Waals surface area contributed by atoms with Crippen molar-refractivity contribution in [1.29, 1.82) is 5.26 Å². The number of rotatable bonds is 7. The van der Waals surface area contributed by atoms with Crippen LogP contribution < -0.4 is 0 Å². The molecule has 1 amide bonds. The average molecular weight is 316 g/mol. The second kappa shape index (κ2) is 8.40. The molecule has 104 valence electrons. The molecule has 0 bridgehead atoms. The lowest BCUT2D eigenvalue weighted by Gasteiger charge is -2.17. The quantitative estimate of drug-likeness (QED) is 0.720. The molecule has 0 radical (unpaired) electrons. The highest BCUT2D eigenvalue weighted by molar-refractivity contribution is 8.03. The Labute approximate surface area is 125 Å². The van der Waals surface area contributed by atoms with Gasteiger partial charge in [-0.1, -0.05) is 34.9 Å². The second-order valence-corrected chi connectivity index (χ2v) is 7.37. The summed E-state index contributed by atoms with van der Waals surface area (Å²) in [5, 5.41) is 16.6. The smallest absolute Gasteiger partial charge is 0.233 e. The van der Waals surface area contributed by atoms with E-state index in [0.29, 0.717) is 5.75 Å². The van der Waals surface area contributed by atoms with Crippen molar-refractivity contribution in [3.8, 4) is 6.07 Å². The van der Waals surface area contributed by atoms with Crippen molar-refractivity contribution in [1.82, 2.24) is 15.1 Å². The van der Waals surface area contributed by atoms with E-state index < -0.39 is 0 Å². The maximum atomic E-state index is 11.8. The van der Waals surface area contributed by atoms with Crippen LogP contribution in [0.4, 0.5) is 0 Å². The molecule has 5 nitrogen and oxygen atoms in total. The van der Waals surface area contributed by atoms with E-state index in [2.05, 4.69) is 16.3 Å². The molecule has 1 atom stereocenters. The molecule has 8 heteroatoms. The Kier molecular flexibility index (Phi) is 7.20. The molecule has 0 aliphatic carbocycles. The lowest BCUT2D eigenvalue weighted by Crippen LogP contribution is -2.31. The molecule has 0 N–H and O–H groups in total. The van der Waals surface area contributed by atoms with Crippen LogP contribution in [0, 0.1) is 11.3 Å². The first-order chi connectivity index (χ1) is 9.10. The van der Waals surface area contributed by atoms with Gasteiger partial charge in [0.25, 0.3) is 0 Å². The van der Waals surface area contributed by atoms with Crippen LogP contribution in [-0.2, 0) is 4.79 Å². The molecule has 0 saturated heterocycles. The van der Waals surface area contributed by atoms with Gasteiger partial charge in [-0.15, -0.1) is 10.2 Å². The number of thioether (sulfide) groups is 2. The minimum absolute atomic E-state index is 0.116. The fourth-order valence-corrected chi connectivity index (χ4v) is 4.23. The summed E-state index contributed by atoms with van der Waals surface area (Å²) in [7, 11) is 0. The molecular weight excluding hydrogens is 300 g/mol. The highest BCUT2D eigenvalue weighted by Crippen LogP contribution is 2.30. The van der Waals surface area contributed by atoms with E-state index in [-0.39, 0.29) is 11.2 Å². The van der Waals surface area contributed by atoms with Crippen molar-refractivity contribution in [3.63, 3.8) is 0 Å². The Bertz CT molecular complexity index is 453. The standard InChI is InChI=1S/C11H16N4OS3/c1-4-15(5-2)9(16)7-17-10-13-14-11(19-10)18-8(3)6-12/h8H,4-5,7H2,1-3H3/t8-/m1/s1. The van der Waals surface area contributed by atoms with Gasteiger partial charge >= 0.3 is 0 Å². The van der Waals surface area contributed by atoms with Crippen molar-refractivity contribution in [3.05, 3.63) is 0 Å². The van der Waals surface area contributed by atoms with Gasteiger partial charge in [0.05, 0.1) is 17.1 Å². The van der Waals surface area contributed by atoms with Crippen molar-refractivity contribution >= 4 is 40.8 Å². The lowest BCUT2D eigenvalue weighted by molar-refractivity contribution is -0.127. The fourth-order valence-electron chi connectivity index (χ4n) is 1.27. The summed E-state index contributed by atoms with van der Waals surface area (Å²) in [5.74, 6) is 0.499. The summed E-state index contributed by atoms with van der Waals surface area (Å²) in [5.41, 5.74) is 0. The summed E-state index contributed by atoms with van der Waals surface area (Å²) in [4.78, 5) is 13.6. The Balaban J connectivity index is 2.46. The maximum absolute atomic E-state index is 11.8. The van der Waals surface area contributed by atoms with Crippen molar-refractivity contribution in [2.24, 2.45) is 0 Å². The molecule has 0 spiro atoms. The van der Waals surface area contributed by atoms with Gasteiger partial charge in [0.15, 0.2) is 8.68 Å². The Morgan fingerprint density at radius 1 is 1.42 bits per heavy atom. The first kappa shape index (κ1) is 16.3. The molecule has 0 aromatic carbocycles. The van der Waals surface area contributed by atoms with Crippen LogP contribution in [0.25, 0.3) is 0 Å². The molecule has 1 aromatic heterocycles. The molecule has 0 fully saturated rings. The lowest BCUT2D eigenvalue weighted by atomic mass is 10.5. The number of aromatic nitrogens is 2. The van der Waals surface area contributed by atoms with Gasteiger partial charge < -0.3 is 4.90 Å². The highest BCUT2D eigenvalue weighted by atomic mass is 32.2. The first-order valence-corrected chi connectivity index (χ1v) is 8.59. The van der Waals surface area contributed by atoms with Crippen LogP contribution in [0.2, 0.25) is 0 Å². The van der Waals surface area contributed by atoms with Crippen LogP contribution in [-0.4, -0.2) is 45.1 Å². The third-order valence-corrected chi connectivity index (χ3v) is 5.40. The minimum atomic E-state index is -0.136. The van der Waals surface area contributed by atoms with Crippen LogP contribution >= 0.6 is 34.9 Å². The zero-order valence-corrected chi connectivity index (χ0v) is 13.6. The van der Waals surface area contributed by atoms with Crippen LogP contribution in [0.15, 0.2) is 8.68 Å². The minimum Gasteiger partial charge on any atom is -0.343 e. The number of carbonyl (C=O) groups excluding carboxylic acids is 1. The number of carbonyl (C=O) groups is 1. The van der Waals surface area contributed by atoms with Crippen molar-refractivity contribution < 1.29 is 4.79 Å². The Morgan fingerprint density at radius 2 is 2.05 bits per heavy atom. The van der Waals surface area contributed by atoms with Crippen molar-refractivity contribution in [2.45, 2.75) is 34.7 Å². The molecular formula is C11H16N4OS3. The highest BCUT2D eigenvalue weighted by Gasteiger charge is 2.13. The summed E-state index contributed by atoms with van der Waals surface area (Å²) in [6.45, 7) is 7.21. The largest absolute Gasteiger partial charge is 0.343 e. The number of nitrogens with zero attached hydrogens (tertiary/aromatic N) is 4. The fraction of sp³-hybridized carbons (Fsp3) is 0.636. The van der Waals surface area contributed by atoms with Gasteiger partial charge in [-0.2, -0.15) is 5.26 Å². The van der Waals surface area contributed by atoms with Gasteiger partial charge in [0.2, 0.25) is 5.91 Å². The van der Waals surface area contributed by atoms with E-state index in [1.165, 1.54) is 34.9 Å². The summed E-state index contributed by atoms with van der Waals surface area (Å²) >= 11 is 4.22. The van der Waals surface area contributed by atoms with E-state index in [0.717, 1.165) is 21.8 Å². The predicted octanol–water partition coefficient (Wildman–Crippen LogP) is 2.50. The van der Waals surface area contributed by atoms with E-state index >= 15 is 0 Å². The van der Waals surface area contributed by atoms with Gasteiger partial charge in [0, 0.05) is 13.1 Å². The normalized spacial score (nSPS) is 11.9. The molecule has 0 aliphatic rings. The molecule has 1 aromatic rings. The monoisotopic (exact) mass is 316 g/mol. The number of hydrogen-bond donors (Lipinski definition) is 0. The molecule has 0 aliphatic heterocycles. The topological polar surface area (TPSA) is 69.9 Å². The van der Waals surface area contributed by atoms with Gasteiger partial charge in [-0.3, -0.25) is 4.79 Å². The molecule has 1 rings (SSSR count). The van der Waals surface area contributed by atoms with E-state index in [1.54, 1.807) is 4.90 Å². The number of hydrogen-bond acceptors (Lipinski definition) is 7. The van der Waals surface area contributed by atoms with Gasteiger partial charge in [-0.25, -0.2) is 0 Å². The van der Waals surface area contributed by atoms with Gasteiger partial charge in [-0.05, 0) is 20.8 Å². The zero-order chi connectivity index (χ0) is 14.3. The molecule has 1 heterocycles. The van der Waals surface area contributed by atoms with Crippen molar-refractivity contribution in [2.75, 3.05) is 18.8 Å². The zero-order valence-electron chi connectivity index (χ0n) is 11.1. The third kappa shape index (κ3) is 5.38. The van der Waals surface area contributed by atoms with E-state index in [9.17, 15) is 4.79 Å². The molecule has 19 heavy (non-hydrogen) atoms. The van der Waals surface area contributed by atoms with E-state index in [1.807, 2.05) is 20.8 Å². The number of amides is 1. The molecule has 0 unspecified atom stereocenters. The third-order valence-electron chi connectivity index (χ3n) is 2.28. The average Bonchev–Trinajstić information content (AvgIpc) is 2.85. The summed E-state index contributed by atoms with van der Waals surface area (Å²) in [6.07, 6.45) is 0. The SMILES string of the molecule is CCN(CC)C(=O)CSc1nnc(S[C@H](C)C#N)s1.